The monoisotopic (exact) mass is 318 g/mol. The van der Waals surface area contributed by atoms with E-state index in [1.807, 2.05) is 18.5 Å². The van der Waals surface area contributed by atoms with E-state index in [0.717, 1.165) is 30.9 Å². The van der Waals surface area contributed by atoms with Crippen molar-refractivity contribution in [2.24, 2.45) is 7.05 Å². The van der Waals surface area contributed by atoms with Gasteiger partial charge >= 0.3 is 0 Å². The molecular formula is C15H22N6O2. The van der Waals surface area contributed by atoms with Crippen LogP contribution >= 0.6 is 0 Å². The second kappa shape index (κ2) is 6.59. The van der Waals surface area contributed by atoms with Crippen LogP contribution in [0.3, 0.4) is 0 Å². The molecule has 2 atom stereocenters. The predicted octanol–water partition coefficient (Wildman–Crippen LogP) is 0.423. The summed E-state index contributed by atoms with van der Waals surface area (Å²) < 4.78 is 7.45. The summed E-state index contributed by atoms with van der Waals surface area (Å²) >= 11 is 0. The van der Waals surface area contributed by atoms with Crippen molar-refractivity contribution in [3.8, 4) is 0 Å². The first-order valence-corrected chi connectivity index (χ1v) is 7.80. The van der Waals surface area contributed by atoms with Gasteiger partial charge in [-0.3, -0.25) is 9.69 Å². The third-order valence-electron chi connectivity index (χ3n) is 4.30. The predicted molar refractivity (Wildman–Crippen MR) is 83.8 cm³/mol. The molecule has 0 aromatic carbocycles. The highest BCUT2D eigenvalue weighted by molar-refractivity contribution is 5.06. The SMILES string of the molecule is CCc1cc(=O)[nH]c(CN2C[C@H](OC)C[C@H]2c2nncn2C)n1. The molecule has 1 N–H and O–H groups in total. The van der Waals surface area contributed by atoms with Gasteiger partial charge in [0.25, 0.3) is 5.56 Å². The van der Waals surface area contributed by atoms with Crippen molar-refractivity contribution in [2.75, 3.05) is 13.7 Å². The summed E-state index contributed by atoms with van der Waals surface area (Å²) in [5.74, 6) is 1.58. The molecule has 3 heterocycles. The summed E-state index contributed by atoms with van der Waals surface area (Å²) in [6.45, 7) is 3.32. The highest BCUT2D eigenvalue weighted by Crippen LogP contribution is 2.32. The van der Waals surface area contributed by atoms with Gasteiger partial charge < -0.3 is 14.3 Å². The van der Waals surface area contributed by atoms with Gasteiger partial charge in [0, 0.05) is 32.5 Å². The van der Waals surface area contributed by atoms with Crippen molar-refractivity contribution in [1.29, 1.82) is 0 Å². The molecule has 2 aromatic heterocycles. The molecular weight excluding hydrogens is 296 g/mol. The number of hydrogen-bond donors (Lipinski definition) is 1. The molecule has 0 saturated carbocycles. The quantitative estimate of drug-likeness (QED) is 0.859. The topological polar surface area (TPSA) is 88.9 Å². The number of ether oxygens (including phenoxy) is 1. The fourth-order valence-corrected chi connectivity index (χ4v) is 3.08. The van der Waals surface area contributed by atoms with Gasteiger partial charge in [0.1, 0.15) is 18.0 Å². The number of rotatable bonds is 5. The molecule has 1 aliphatic rings. The van der Waals surface area contributed by atoms with Gasteiger partial charge in [0.2, 0.25) is 0 Å². The third kappa shape index (κ3) is 3.32. The van der Waals surface area contributed by atoms with Gasteiger partial charge in [-0.2, -0.15) is 0 Å². The van der Waals surface area contributed by atoms with E-state index in [1.54, 1.807) is 19.5 Å². The van der Waals surface area contributed by atoms with Crippen molar-refractivity contribution >= 4 is 0 Å². The molecule has 0 radical (unpaired) electrons. The van der Waals surface area contributed by atoms with Gasteiger partial charge in [-0.1, -0.05) is 6.92 Å². The lowest BCUT2D eigenvalue weighted by Crippen LogP contribution is -2.28. The molecule has 0 bridgehead atoms. The van der Waals surface area contributed by atoms with Crippen LogP contribution in [0.4, 0.5) is 0 Å². The largest absolute Gasteiger partial charge is 0.380 e. The minimum Gasteiger partial charge on any atom is -0.380 e. The van der Waals surface area contributed by atoms with E-state index in [2.05, 4.69) is 25.1 Å². The molecule has 124 valence electrons. The number of nitrogens with one attached hydrogen (secondary N) is 1. The number of hydrogen-bond acceptors (Lipinski definition) is 6. The van der Waals surface area contributed by atoms with E-state index < -0.39 is 0 Å². The fraction of sp³-hybridized carbons (Fsp3) is 0.600. The second-order valence-electron chi connectivity index (χ2n) is 5.88. The molecule has 8 heteroatoms. The Morgan fingerprint density at radius 3 is 2.96 bits per heavy atom. The first-order chi connectivity index (χ1) is 11.1. The van der Waals surface area contributed by atoms with Crippen LogP contribution in [0.15, 0.2) is 17.2 Å². The van der Waals surface area contributed by atoms with Crippen molar-refractivity contribution < 1.29 is 4.74 Å². The van der Waals surface area contributed by atoms with E-state index >= 15 is 0 Å². The highest BCUT2D eigenvalue weighted by Gasteiger charge is 2.36. The van der Waals surface area contributed by atoms with Crippen molar-refractivity contribution in [1.82, 2.24) is 29.6 Å². The van der Waals surface area contributed by atoms with Crippen molar-refractivity contribution in [2.45, 2.75) is 38.5 Å². The molecule has 3 rings (SSSR count). The maximum Gasteiger partial charge on any atom is 0.251 e. The fourth-order valence-electron chi connectivity index (χ4n) is 3.08. The van der Waals surface area contributed by atoms with Crippen LogP contribution in [-0.2, 0) is 24.8 Å². The van der Waals surface area contributed by atoms with Crippen LogP contribution in [0.5, 0.6) is 0 Å². The molecule has 1 saturated heterocycles. The van der Waals surface area contributed by atoms with E-state index in [1.165, 1.54) is 0 Å². The molecule has 1 fully saturated rings. The Balaban J connectivity index is 1.86. The average molecular weight is 318 g/mol. The van der Waals surface area contributed by atoms with Gasteiger partial charge in [-0.15, -0.1) is 10.2 Å². The minimum absolute atomic E-state index is 0.100. The average Bonchev–Trinajstić information content (AvgIpc) is 3.12. The summed E-state index contributed by atoms with van der Waals surface area (Å²) in [7, 11) is 3.66. The van der Waals surface area contributed by atoms with Crippen LogP contribution in [0.1, 0.15) is 36.7 Å². The summed E-state index contributed by atoms with van der Waals surface area (Å²) in [4.78, 5) is 21.3. The Labute approximate surface area is 134 Å². The molecule has 2 aromatic rings. The number of nitrogens with zero attached hydrogens (tertiary/aromatic N) is 5. The number of methoxy groups -OCH3 is 1. The molecule has 0 unspecified atom stereocenters. The first kappa shape index (κ1) is 15.8. The Bertz CT molecular complexity index is 725. The third-order valence-corrected chi connectivity index (χ3v) is 4.30. The number of aryl methyl sites for hydroxylation is 2. The van der Waals surface area contributed by atoms with Gasteiger partial charge in [-0.25, -0.2) is 4.98 Å². The van der Waals surface area contributed by atoms with Crippen LogP contribution in [-0.4, -0.2) is 49.4 Å². The second-order valence-corrected chi connectivity index (χ2v) is 5.88. The lowest BCUT2D eigenvalue weighted by atomic mass is 10.2. The number of aromatic nitrogens is 5. The van der Waals surface area contributed by atoms with E-state index in [-0.39, 0.29) is 17.7 Å². The first-order valence-electron chi connectivity index (χ1n) is 7.80. The summed E-state index contributed by atoms with van der Waals surface area (Å²) in [5, 5.41) is 8.21. The number of H-pyrrole nitrogens is 1. The zero-order valence-electron chi connectivity index (χ0n) is 13.7. The van der Waals surface area contributed by atoms with Gasteiger partial charge in [0.15, 0.2) is 0 Å². The number of likely N-dealkylation sites (tertiary alicyclic amines) is 1. The zero-order valence-corrected chi connectivity index (χ0v) is 13.7. The smallest absolute Gasteiger partial charge is 0.251 e. The Morgan fingerprint density at radius 1 is 1.48 bits per heavy atom. The van der Waals surface area contributed by atoms with Gasteiger partial charge in [-0.05, 0) is 12.8 Å². The lowest BCUT2D eigenvalue weighted by Gasteiger charge is -2.22. The summed E-state index contributed by atoms with van der Waals surface area (Å²) in [6.07, 6.45) is 3.43. The zero-order chi connectivity index (χ0) is 16.4. The van der Waals surface area contributed by atoms with Crippen LogP contribution in [0.2, 0.25) is 0 Å². The molecule has 0 spiro atoms. The maximum absolute atomic E-state index is 11.8. The van der Waals surface area contributed by atoms with E-state index in [9.17, 15) is 4.79 Å². The Morgan fingerprint density at radius 2 is 2.30 bits per heavy atom. The Hall–Kier alpha value is -2.06. The molecule has 8 nitrogen and oxygen atoms in total. The molecule has 0 amide bonds. The maximum atomic E-state index is 11.8. The van der Waals surface area contributed by atoms with Crippen molar-refractivity contribution in [3.05, 3.63) is 40.1 Å². The highest BCUT2D eigenvalue weighted by atomic mass is 16.5. The summed E-state index contributed by atoms with van der Waals surface area (Å²) in [6, 6.07) is 1.65. The van der Waals surface area contributed by atoms with Crippen LogP contribution in [0, 0.1) is 0 Å². The van der Waals surface area contributed by atoms with Gasteiger partial charge in [0.05, 0.1) is 18.7 Å². The Kier molecular flexibility index (Phi) is 4.53. The standard InChI is InChI=1S/C15H22N6O2/c1-4-10-5-14(22)18-13(17-10)8-21-7-11(23-3)6-12(21)15-19-16-9-20(15)2/h5,9,11-12H,4,6-8H2,1-3H3,(H,17,18,22)/t11-,12+/m1/s1. The van der Waals surface area contributed by atoms with Crippen LogP contribution < -0.4 is 5.56 Å². The summed E-state index contributed by atoms with van der Waals surface area (Å²) in [5.41, 5.74) is 0.700. The number of aromatic amines is 1. The van der Waals surface area contributed by atoms with E-state index in [4.69, 9.17) is 4.74 Å². The molecule has 1 aliphatic heterocycles. The van der Waals surface area contributed by atoms with Crippen LogP contribution in [0.25, 0.3) is 0 Å². The lowest BCUT2D eigenvalue weighted by molar-refractivity contribution is 0.107. The normalized spacial score (nSPS) is 21.9. The molecule has 0 aliphatic carbocycles. The minimum atomic E-state index is -0.107. The van der Waals surface area contributed by atoms with E-state index in [0.29, 0.717) is 12.4 Å². The van der Waals surface area contributed by atoms with Crippen molar-refractivity contribution in [3.63, 3.8) is 0 Å². The molecule has 23 heavy (non-hydrogen) atoms.